The summed E-state index contributed by atoms with van der Waals surface area (Å²) in [6.45, 7) is 2.08. The molecule has 1 N–H and O–H groups in total. The number of hydrogen-bond acceptors (Lipinski definition) is 8. The predicted octanol–water partition coefficient (Wildman–Crippen LogP) is 5.66. The number of para-hydroxylation sites is 1. The molecule has 1 aromatic heterocycles. The molecule has 8 heteroatoms. The van der Waals surface area contributed by atoms with Crippen LogP contribution in [0.5, 0.6) is 17.4 Å². The first-order valence-electron chi connectivity index (χ1n) is 10.8. The fourth-order valence-electron chi connectivity index (χ4n) is 3.73. The molecule has 7 nitrogen and oxygen atoms in total. The van der Waals surface area contributed by atoms with Crippen LogP contribution in [0.1, 0.15) is 22.9 Å². The molecule has 0 saturated carbocycles. The highest BCUT2D eigenvalue weighted by atomic mass is 32.2. The summed E-state index contributed by atoms with van der Waals surface area (Å²) >= 11 is 1.52. The third-order valence-electron chi connectivity index (χ3n) is 5.54. The molecule has 0 saturated heterocycles. The van der Waals surface area contributed by atoms with Gasteiger partial charge in [-0.25, -0.2) is 0 Å². The molecular formula is C26H24N4O3S. The van der Waals surface area contributed by atoms with Crippen molar-refractivity contribution >= 4 is 17.4 Å². The van der Waals surface area contributed by atoms with Crippen LogP contribution in [0.2, 0.25) is 0 Å². The van der Waals surface area contributed by atoms with Gasteiger partial charge in [0.1, 0.15) is 11.5 Å². The van der Waals surface area contributed by atoms with Gasteiger partial charge in [-0.15, -0.1) is 10.2 Å². The van der Waals surface area contributed by atoms with E-state index in [0.717, 1.165) is 22.6 Å². The molecule has 172 valence electrons. The van der Waals surface area contributed by atoms with Gasteiger partial charge in [-0.1, -0.05) is 59.8 Å². The lowest BCUT2D eigenvalue weighted by Crippen LogP contribution is -2.18. The Morgan fingerprint density at radius 2 is 1.79 bits per heavy atom. The second-order valence-electron chi connectivity index (χ2n) is 7.82. The highest BCUT2D eigenvalue weighted by molar-refractivity contribution is 7.98. The van der Waals surface area contributed by atoms with Gasteiger partial charge in [-0.2, -0.15) is 4.98 Å². The molecule has 0 radical (unpaired) electrons. The zero-order valence-electron chi connectivity index (χ0n) is 19.1. The molecule has 4 aromatic rings. The summed E-state index contributed by atoms with van der Waals surface area (Å²) in [5.74, 6) is 2.53. The van der Waals surface area contributed by atoms with Crippen LogP contribution in [0.15, 0.2) is 71.9 Å². The van der Waals surface area contributed by atoms with Gasteiger partial charge in [0.25, 0.3) is 0 Å². The van der Waals surface area contributed by atoms with Crippen LogP contribution in [0.4, 0.5) is 5.69 Å². The Kier molecular flexibility index (Phi) is 6.22. The number of rotatable bonds is 6. The highest BCUT2D eigenvalue weighted by Gasteiger charge is 2.28. The van der Waals surface area contributed by atoms with Crippen molar-refractivity contribution < 1.29 is 14.2 Å². The van der Waals surface area contributed by atoms with E-state index in [1.54, 1.807) is 14.2 Å². The zero-order chi connectivity index (χ0) is 23.5. The summed E-state index contributed by atoms with van der Waals surface area (Å²) in [6, 6.07) is 21.9. The quantitative estimate of drug-likeness (QED) is 0.360. The summed E-state index contributed by atoms with van der Waals surface area (Å²) in [5.41, 5.74) is 5.55. The molecule has 3 aromatic carbocycles. The van der Waals surface area contributed by atoms with Gasteiger partial charge in [-0.3, -0.25) is 0 Å². The van der Waals surface area contributed by atoms with Crippen LogP contribution in [0.3, 0.4) is 0 Å². The smallest absolute Gasteiger partial charge is 0.247 e. The SMILES string of the molecule is COc1ccc(OC)c([C@H]2Nc3ccccc3-c3nnc(SCc4ccc(C)cc4)nc3O2)c1. The second-order valence-corrected chi connectivity index (χ2v) is 8.76. The van der Waals surface area contributed by atoms with Crippen LogP contribution in [-0.4, -0.2) is 29.4 Å². The molecule has 0 spiro atoms. The van der Waals surface area contributed by atoms with Crippen molar-refractivity contribution in [3.63, 3.8) is 0 Å². The summed E-state index contributed by atoms with van der Waals surface area (Å²) in [7, 11) is 3.26. The normalized spacial score (nSPS) is 14.1. The molecule has 1 aliphatic heterocycles. The Labute approximate surface area is 202 Å². The van der Waals surface area contributed by atoms with Gasteiger partial charge in [0.15, 0.2) is 5.69 Å². The van der Waals surface area contributed by atoms with Crippen LogP contribution < -0.4 is 19.5 Å². The summed E-state index contributed by atoms with van der Waals surface area (Å²) in [4.78, 5) is 4.73. The number of anilines is 1. The van der Waals surface area contributed by atoms with Crippen LogP contribution in [0, 0.1) is 6.92 Å². The molecule has 5 rings (SSSR count). The molecule has 1 aliphatic rings. The van der Waals surface area contributed by atoms with Crippen molar-refractivity contribution in [2.45, 2.75) is 24.1 Å². The van der Waals surface area contributed by atoms with Crippen LogP contribution in [-0.2, 0) is 5.75 Å². The number of aromatic nitrogens is 3. The van der Waals surface area contributed by atoms with Gasteiger partial charge in [0.05, 0.1) is 19.8 Å². The number of nitrogens with one attached hydrogen (secondary N) is 1. The first-order chi connectivity index (χ1) is 16.6. The second kappa shape index (κ2) is 9.61. The van der Waals surface area contributed by atoms with Crippen molar-refractivity contribution in [3.05, 3.63) is 83.4 Å². The third kappa shape index (κ3) is 4.49. The monoisotopic (exact) mass is 472 g/mol. The van der Waals surface area contributed by atoms with Crippen molar-refractivity contribution in [2.75, 3.05) is 19.5 Å². The lowest BCUT2D eigenvalue weighted by molar-refractivity contribution is 0.219. The minimum atomic E-state index is -0.570. The average Bonchev–Trinajstić information content (AvgIpc) is 3.04. The highest BCUT2D eigenvalue weighted by Crippen LogP contribution is 2.41. The fraction of sp³-hybridized carbons (Fsp3) is 0.192. The molecule has 0 amide bonds. The van der Waals surface area contributed by atoms with Crippen molar-refractivity contribution in [2.24, 2.45) is 0 Å². The van der Waals surface area contributed by atoms with E-state index in [1.807, 2.05) is 42.5 Å². The number of nitrogens with zero attached hydrogens (tertiary/aromatic N) is 3. The van der Waals surface area contributed by atoms with E-state index in [1.165, 1.54) is 22.9 Å². The summed E-state index contributed by atoms with van der Waals surface area (Å²) in [5, 5.41) is 12.9. The van der Waals surface area contributed by atoms with E-state index in [-0.39, 0.29) is 0 Å². The van der Waals surface area contributed by atoms with Gasteiger partial charge < -0.3 is 19.5 Å². The van der Waals surface area contributed by atoms with E-state index in [2.05, 4.69) is 46.7 Å². The maximum Gasteiger partial charge on any atom is 0.247 e. The number of thioether (sulfide) groups is 1. The third-order valence-corrected chi connectivity index (χ3v) is 6.45. The van der Waals surface area contributed by atoms with E-state index in [4.69, 9.17) is 19.2 Å². The minimum absolute atomic E-state index is 0.411. The summed E-state index contributed by atoms with van der Waals surface area (Å²) < 4.78 is 17.4. The van der Waals surface area contributed by atoms with Crippen molar-refractivity contribution in [3.8, 4) is 28.6 Å². The first-order valence-corrected chi connectivity index (χ1v) is 11.8. The molecule has 2 heterocycles. The van der Waals surface area contributed by atoms with Gasteiger partial charge in [0.2, 0.25) is 17.3 Å². The molecule has 0 aliphatic carbocycles. The Hall–Kier alpha value is -3.78. The summed E-state index contributed by atoms with van der Waals surface area (Å²) in [6.07, 6.45) is -0.570. The zero-order valence-corrected chi connectivity index (χ0v) is 19.9. The molecule has 0 bridgehead atoms. The van der Waals surface area contributed by atoms with Crippen molar-refractivity contribution in [1.82, 2.24) is 15.2 Å². The average molecular weight is 473 g/mol. The Morgan fingerprint density at radius 3 is 2.59 bits per heavy atom. The lowest BCUT2D eigenvalue weighted by Gasteiger charge is -2.21. The number of ether oxygens (including phenoxy) is 3. The van der Waals surface area contributed by atoms with E-state index < -0.39 is 6.23 Å². The number of aryl methyl sites for hydroxylation is 1. The van der Waals surface area contributed by atoms with E-state index in [9.17, 15) is 0 Å². The molecule has 0 fully saturated rings. The maximum absolute atomic E-state index is 6.40. The fourth-order valence-corrected chi connectivity index (χ4v) is 4.46. The van der Waals surface area contributed by atoms with Crippen molar-refractivity contribution in [1.29, 1.82) is 0 Å². The number of hydrogen-bond donors (Lipinski definition) is 1. The minimum Gasteiger partial charge on any atom is -0.497 e. The van der Waals surface area contributed by atoms with Gasteiger partial charge in [-0.05, 0) is 36.8 Å². The Bertz CT molecular complexity index is 1310. The standard InChI is InChI=1S/C26H24N4O3S/c1-16-8-10-17(11-9-16)15-34-26-28-25-23(29-30-26)19-6-4-5-7-21(19)27-24(33-25)20-14-18(31-2)12-13-22(20)32-3/h4-14,24,27H,15H2,1-3H3/t24-/m0/s1. The lowest BCUT2D eigenvalue weighted by atomic mass is 10.1. The number of fused-ring (bicyclic) bond motifs is 3. The number of methoxy groups -OCH3 is 2. The first kappa shape index (κ1) is 22.0. The topological polar surface area (TPSA) is 78.4 Å². The van der Waals surface area contributed by atoms with Crippen LogP contribution in [0.25, 0.3) is 11.3 Å². The van der Waals surface area contributed by atoms with Gasteiger partial charge >= 0.3 is 0 Å². The Balaban J connectivity index is 1.51. The molecular weight excluding hydrogens is 448 g/mol. The predicted molar refractivity (Wildman–Crippen MR) is 133 cm³/mol. The number of benzene rings is 3. The maximum atomic E-state index is 6.40. The molecule has 1 atom stereocenters. The molecule has 0 unspecified atom stereocenters. The molecule has 34 heavy (non-hydrogen) atoms. The van der Waals surface area contributed by atoms with Gasteiger partial charge in [0, 0.05) is 17.0 Å². The van der Waals surface area contributed by atoms with E-state index >= 15 is 0 Å². The largest absolute Gasteiger partial charge is 0.497 e. The van der Waals surface area contributed by atoms with Crippen LogP contribution >= 0.6 is 11.8 Å². The van der Waals surface area contributed by atoms with E-state index in [0.29, 0.717) is 28.2 Å². The Morgan fingerprint density at radius 1 is 0.971 bits per heavy atom.